The van der Waals surface area contributed by atoms with Crippen molar-refractivity contribution in [2.75, 3.05) is 30.9 Å². The lowest BCUT2D eigenvalue weighted by atomic mass is 10.1. The Hall–Kier alpha value is -1.20. The van der Waals surface area contributed by atoms with Crippen LogP contribution in [0.5, 0.6) is 0 Å². The number of anilines is 1. The monoisotopic (exact) mass is 308 g/mol. The molecule has 4 nitrogen and oxygen atoms in total. The summed E-state index contributed by atoms with van der Waals surface area (Å²) < 4.78 is 0. The van der Waals surface area contributed by atoms with Gasteiger partial charge < -0.3 is 15.3 Å². The summed E-state index contributed by atoms with van der Waals surface area (Å²) in [5.74, 6) is 1.49. The largest absolute Gasteiger partial charge is 0.391 e. The van der Waals surface area contributed by atoms with Crippen LogP contribution in [0.2, 0.25) is 0 Å². The maximum atomic E-state index is 12.0. The number of aliphatic hydroxyl groups is 1. The van der Waals surface area contributed by atoms with Crippen LogP contribution in [0.4, 0.5) is 10.5 Å². The first-order valence-corrected chi connectivity index (χ1v) is 8.77. The van der Waals surface area contributed by atoms with E-state index in [1.54, 1.807) is 11.9 Å². The van der Waals surface area contributed by atoms with Gasteiger partial charge in [-0.3, -0.25) is 0 Å². The molecule has 0 bridgehead atoms. The minimum Gasteiger partial charge on any atom is -0.391 e. The van der Waals surface area contributed by atoms with Crippen molar-refractivity contribution >= 4 is 23.5 Å². The fourth-order valence-corrected chi connectivity index (χ4v) is 2.63. The highest BCUT2D eigenvalue weighted by molar-refractivity contribution is 7.98. The number of carbonyl (C=O) groups is 1. The van der Waals surface area contributed by atoms with Crippen molar-refractivity contribution < 1.29 is 9.90 Å². The maximum Gasteiger partial charge on any atom is 0.321 e. The van der Waals surface area contributed by atoms with Gasteiger partial charge >= 0.3 is 6.03 Å². The molecular weight excluding hydrogens is 284 g/mol. The van der Waals surface area contributed by atoms with Crippen molar-refractivity contribution in [3.8, 4) is 0 Å². The molecule has 1 aliphatic rings. The van der Waals surface area contributed by atoms with Crippen molar-refractivity contribution in [2.45, 2.75) is 25.4 Å². The Bertz CT molecular complexity index is 460. The Kier molecular flexibility index (Phi) is 5.94. The number of likely N-dealkylation sites (N-methyl/N-ethyl adjacent to an activating group) is 1. The maximum absolute atomic E-state index is 12.0. The number of thioether (sulfide) groups is 1. The highest BCUT2D eigenvalue weighted by Crippen LogP contribution is 2.32. The topological polar surface area (TPSA) is 52.6 Å². The van der Waals surface area contributed by atoms with Gasteiger partial charge in [-0.2, -0.15) is 11.8 Å². The molecule has 1 saturated carbocycles. The van der Waals surface area contributed by atoms with Gasteiger partial charge in [0, 0.05) is 19.3 Å². The smallest absolute Gasteiger partial charge is 0.321 e. The van der Waals surface area contributed by atoms with Gasteiger partial charge in [-0.15, -0.1) is 0 Å². The van der Waals surface area contributed by atoms with Crippen LogP contribution in [0.3, 0.4) is 0 Å². The number of amides is 2. The number of benzene rings is 1. The van der Waals surface area contributed by atoms with Crippen LogP contribution in [0.1, 0.15) is 18.4 Å². The van der Waals surface area contributed by atoms with Crippen LogP contribution < -0.4 is 5.32 Å². The predicted octanol–water partition coefficient (Wildman–Crippen LogP) is 2.83. The first-order chi connectivity index (χ1) is 10.1. The Balaban J connectivity index is 1.80. The third-order valence-electron chi connectivity index (χ3n) is 3.77. The molecule has 1 atom stereocenters. The van der Waals surface area contributed by atoms with E-state index in [-0.39, 0.29) is 6.03 Å². The Morgan fingerprint density at radius 2 is 2.10 bits per heavy atom. The van der Waals surface area contributed by atoms with Gasteiger partial charge in [-0.25, -0.2) is 4.79 Å². The molecule has 1 aromatic carbocycles. The van der Waals surface area contributed by atoms with Gasteiger partial charge in [-0.05, 0) is 54.9 Å². The highest BCUT2D eigenvalue weighted by atomic mass is 32.2. The molecule has 0 spiro atoms. The molecule has 0 radical (unpaired) electrons. The van der Waals surface area contributed by atoms with Gasteiger partial charge in [0.05, 0.1) is 6.10 Å². The summed E-state index contributed by atoms with van der Waals surface area (Å²) in [6.07, 6.45) is 4.90. The quantitative estimate of drug-likeness (QED) is 0.814. The van der Waals surface area contributed by atoms with Crippen molar-refractivity contribution in [3.05, 3.63) is 29.8 Å². The van der Waals surface area contributed by atoms with Crippen LogP contribution in [-0.2, 0) is 6.42 Å². The van der Waals surface area contributed by atoms with E-state index in [4.69, 9.17) is 0 Å². The third kappa shape index (κ3) is 5.25. The normalized spacial score (nSPS) is 15.6. The molecule has 0 aliphatic heterocycles. The van der Waals surface area contributed by atoms with E-state index in [0.29, 0.717) is 12.5 Å². The number of hydrogen-bond donors (Lipinski definition) is 2. The van der Waals surface area contributed by atoms with Crippen molar-refractivity contribution in [1.29, 1.82) is 0 Å². The van der Waals surface area contributed by atoms with E-state index in [0.717, 1.165) is 30.7 Å². The lowest BCUT2D eigenvalue weighted by Gasteiger charge is -2.21. The SMILES string of the molecule is CSCCc1ccc(NC(=O)N(C)CC(O)C2CC2)cc1. The second-order valence-electron chi connectivity index (χ2n) is 5.66. The number of urea groups is 1. The number of rotatable bonds is 7. The van der Waals surface area contributed by atoms with E-state index >= 15 is 0 Å². The van der Waals surface area contributed by atoms with E-state index in [9.17, 15) is 9.90 Å². The lowest BCUT2D eigenvalue weighted by Crippen LogP contribution is -2.37. The number of aliphatic hydroxyl groups excluding tert-OH is 1. The molecular formula is C16H24N2O2S. The summed E-state index contributed by atoms with van der Waals surface area (Å²) >= 11 is 1.83. The van der Waals surface area contributed by atoms with Crippen LogP contribution in [0.25, 0.3) is 0 Å². The summed E-state index contributed by atoms with van der Waals surface area (Å²) in [4.78, 5) is 13.6. The average Bonchev–Trinajstić information content (AvgIpc) is 3.31. The van der Waals surface area contributed by atoms with E-state index in [1.165, 1.54) is 5.56 Å². The number of nitrogens with one attached hydrogen (secondary N) is 1. The standard InChI is InChI=1S/C16H24N2O2S/c1-18(11-15(19)13-5-6-13)16(20)17-14-7-3-12(4-8-14)9-10-21-2/h3-4,7-8,13,15,19H,5-6,9-11H2,1-2H3,(H,17,20). The molecule has 2 amide bonds. The fraction of sp³-hybridized carbons (Fsp3) is 0.562. The number of carbonyl (C=O) groups excluding carboxylic acids is 1. The molecule has 21 heavy (non-hydrogen) atoms. The predicted molar refractivity (Wildman–Crippen MR) is 88.9 cm³/mol. The van der Waals surface area contributed by atoms with Crippen molar-refractivity contribution in [1.82, 2.24) is 4.90 Å². The first kappa shape index (κ1) is 16.2. The van der Waals surface area contributed by atoms with Gasteiger partial charge in [0.2, 0.25) is 0 Å². The third-order valence-corrected chi connectivity index (χ3v) is 4.39. The summed E-state index contributed by atoms with van der Waals surface area (Å²) in [7, 11) is 1.72. The van der Waals surface area contributed by atoms with Crippen LogP contribution in [0, 0.1) is 5.92 Å². The van der Waals surface area contributed by atoms with Crippen molar-refractivity contribution in [2.24, 2.45) is 5.92 Å². The molecule has 2 N–H and O–H groups in total. The lowest BCUT2D eigenvalue weighted by molar-refractivity contribution is 0.117. The first-order valence-electron chi connectivity index (χ1n) is 7.38. The molecule has 1 aliphatic carbocycles. The fourth-order valence-electron chi connectivity index (χ4n) is 2.19. The molecule has 116 valence electrons. The number of hydrogen-bond acceptors (Lipinski definition) is 3. The highest BCUT2D eigenvalue weighted by Gasteiger charge is 2.31. The zero-order valence-corrected chi connectivity index (χ0v) is 13.5. The van der Waals surface area contributed by atoms with E-state index in [2.05, 4.69) is 11.6 Å². The van der Waals surface area contributed by atoms with Crippen LogP contribution in [-0.4, -0.2) is 47.7 Å². The molecule has 1 unspecified atom stereocenters. The summed E-state index contributed by atoms with van der Waals surface area (Å²) in [6.45, 7) is 0.391. The molecule has 2 rings (SSSR count). The zero-order chi connectivity index (χ0) is 15.2. The van der Waals surface area contributed by atoms with Gasteiger partial charge in [0.1, 0.15) is 0 Å². The molecule has 0 saturated heterocycles. The van der Waals surface area contributed by atoms with Gasteiger partial charge in [0.15, 0.2) is 0 Å². The molecule has 0 heterocycles. The molecule has 1 aromatic rings. The van der Waals surface area contributed by atoms with Crippen molar-refractivity contribution in [3.63, 3.8) is 0 Å². The Morgan fingerprint density at radius 3 is 2.67 bits per heavy atom. The second kappa shape index (κ2) is 7.71. The number of nitrogens with zero attached hydrogens (tertiary/aromatic N) is 1. The number of aryl methyl sites for hydroxylation is 1. The van der Waals surface area contributed by atoms with Crippen LogP contribution >= 0.6 is 11.8 Å². The van der Waals surface area contributed by atoms with Gasteiger partial charge in [-0.1, -0.05) is 12.1 Å². The summed E-state index contributed by atoms with van der Waals surface area (Å²) in [6, 6.07) is 7.78. The second-order valence-corrected chi connectivity index (χ2v) is 6.64. The summed E-state index contributed by atoms with van der Waals surface area (Å²) in [5, 5.41) is 12.7. The minimum atomic E-state index is -0.394. The average molecular weight is 308 g/mol. The summed E-state index contributed by atoms with van der Waals surface area (Å²) in [5.41, 5.74) is 2.07. The Morgan fingerprint density at radius 1 is 1.43 bits per heavy atom. The zero-order valence-electron chi connectivity index (χ0n) is 12.7. The van der Waals surface area contributed by atoms with E-state index in [1.807, 2.05) is 36.0 Å². The Labute approximate surface area is 130 Å². The molecule has 0 aromatic heterocycles. The van der Waals surface area contributed by atoms with E-state index < -0.39 is 6.10 Å². The molecule has 1 fully saturated rings. The van der Waals surface area contributed by atoms with Crippen LogP contribution in [0.15, 0.2) is 24.3 Å². The minimum absolute atomic E-state index is 0.174. The van der Waals surface area contributed by atoms with Gasteiger partial charge in [0.25, 0.3) is 0 Å². The molecule has 5 heteroatoms.